The molecule has 0 aliphatic carbocycles. The number of piperidine rings is 1. The quantitative estimate of drug-likeness (QED) is 0.828. The summed E-state index contributed by atoms with van der Waals surface area (Å²) in [5.41, 5.74) is 1.43. The minimum Gasteiger partial charge on any atom is -0.365 e. The van der Waals surface area contributed by atoms with Crippen molar-refractivity contribution in [3.8, 4) is 0 Å². The highest BCUT2D eigenvalue weighted by molar-refractivity contribution is 7.98. The smallest absolute Gasteiger partial charge is 0.0372 e. The van der Waals surface area contributed by atoms with Gasteiger partial charge in [0.05, 0.1) is 0 Å². The van der Waals surface area contributed by atoms with E-state index in [4.69, 9.17) is 0 Å². The molecular weight excluding hydrogens is 264 g/mol. The molecule has 2 bridgehead atoms. The summed E-state index contributed by atoms with van der Waals surface area (Å²) in [5, 5.41) is 3.73. The van der Waals surface area contributed by atoms with E-state index in [0.29, 0.717) is 0 Å². The number of hydrogen-bond donors (Lipinski definition) is 1. The molecule has 2 nitrogen and oxygen atoms in total. The molecule has 2 saturated heterocycles. The molecular formula is C17H26N2S. The average molecular weight is 290 g/mol. The van der Waals surface area contributed by atoms with Gasteiger partial charge in [-0.2, -0.15) is 0 Å². The highest BCUT2D eigenvalue weighted by atomic mass is 32.2. The first-order valence-corrected chi connectivity index (χ1v) is 9.20. The van der Waals surface area contributed by atoms with Gasteiger partial charge in [-0.15, -0.1) is 11.8 Å². The number of nitrogens with one attached hydrogen (secondary N) is 1. The Morgan fingerprint density at radius 1 is 1.15 bits per heavy atom. The van der Waals surface area contributed by atoms with Crippen molar-refractivity contribution in [1.29, 1.82) is 0 Å². The van der Waals surface area contributed by atoms with Crippen LogP contribution in [0.5, 0.6) is 0 Å². The van der Waals surface area contributed by atoms with Crippen LogP contribution in [-0.2, 0) is 0 Å². The van der Waals surface area contributed by atoms with Crippen LogP contribution in [0.4, 0.5) is 5.69 Å². The molecule has 0 spiro atoms. The van der Waals surface area contributed by atoms with E-state index >= 15 is 0 Å². The Hall–Kier alpha value is -0.670. The van der Waals surface area contributed by atoms with Crippen LogP contribution in [0.2, 0.25) is 0 Å². The Labute approximate surface area is 127 Å². The molecule has 110 valence electrons. The Bertz CT molecular complexity index is 417. The van der Waals surface area contributed by atoms with E-state index in [9.17, 15) is 0 Å². The third kappa shape index (κ3) is 2.84. The third-order valence-corrected chi connectivity index (χ3v) is 5.53. The molecule has 0 aromatic heterocycles. The number of nitrogens with zero attached hydrogens (tertiary/aromatic N) is 1. The van der Waals surface area contributed by atoms with E-state index in [2.05, 4.69) is 47.7 Å². The van der Waals surface area contributed by atoms with Gasteiger partial charge in [-0.1, -0.05) is 6.92 Å². The fraction of sp³-hybridized carbons (Fsp3) is 0.647. The minimum absolute atomic E-state index is 0.745. The van der Waals surface area contributed by atoms with E-state index in [1.165, 1.54) is 49.2 Å². The number of hydrogen-bond acceptors (Lipinski definition) is 3. The molecule has 0 amide bonds. The molecule has 0 radical (unpaired) electrons. The van der Waals surface area contributed by atoms with Crippen molar-refractivity contribution in [1.82, 2.24) is 5.32 Å². The van der Waals surface area contributed by atoms with E-state index in [0.717, 1.165) is 18.1 Å². The average Bonchev–Trinajstić information content (AvgIpc) is 2.76. The Morgan fingerprint density at radius 3 is 2.35 bits per heavy atom. The van der Waals surface area contributed by atoms with Gasteiger partial charge in [-0.25, -0.2) is 0 Å². The normalized spacial score (nSPS) is 28.9. The van der Waals surface area contributed by atoms with Crippen molar-refractivity contribution in [3.05, 3.63) is 24.3 Å². The number of benzene rings is 1. The fourth-order valence-corrected chi connectivity index (χ4v) is 4.28. The van der Waals surface area contributed by atoms with Crippen LogP contribution >= 0.6 is 11.8 Å². The molecule has 2 unspecified atom stereocenters. The number of rotatable bonds is 5. The molecule has 3 rings (SSSR count). The van der Waals surface area contributed by atoms with Gasteiger partial charge < -0.3 is 10.2 Å². The van der Waals surface area contributed by atoms with E-state index < -0.39 is 0 Å². The Morgan fingerprint density at radius 2 is 1.80 bits per heavy atom. The van der Waals surface area contributed by atoms with E-state index in [1.54, 1.807) is 0 Å². The molecule has 3 heteroatoms. The lowest BCUT2D eigenvalue weighted by Crippen LogP contribution is -2.49. The molecule has 0 saturated carbocycles. The summed E-state index contributed by atoms with van der Waals surface area (Å²) in [7, 11) is 0. The molecule has 20 heavy (non-hydrogen) atoms. The zero-order chi connectivity index (χ0) is 13.9. The SMILES string of the molecule is CCCNC1CC2CCC(C1)N2c1ccc(SC)cc1. The van der Waals surface area contributed by atoms with E-state index in [1.807, 2.05) is 11.8 Å². The number of thioether (sulfide) groups is 1. The van der Waals surface area contributed by atoms with E-state index in [-0.39, 0.29) is 0 Å². The van der Waals surface area contributed by atoms with Gasteiger partial charge in [-0.3, -0.25) is 0 Å². The van der Waals surface area contributed by atoms with Crippen molar-refractivity contribution >= 4 is 17.4 Å². The lowest BCUT2D eigenvalue weighted by atomic mass is 9.96. The third-order valence-electron chi connectivity index (χ3n) is 4.79. The molecule has 1 aromatic rings. The number of fused-ring (bicyclic) bond motifs is 2. The van der Waals surface area contributed by atoms with Crippen molar-refractivity contribution in [2.75, 3.05) is 17.7 Å². The monoisotopic (exact) mass is 290 g/mol. The van der Waals surface area contributed by atoms with Gasteiger partial charge in [0.15, 0.2) is 0 Å². The lowest BCUT2D eigenvalue weighted by molar-refractivity contribution is 0.357. The Kier molecular flexibility index (Phi) is 4.57. The maximum atomic E-state index is 3.73. The zero-order valence-electron chi connectivity index (χ0n) is 12.6. The largest absolute Gasteiger partial charge is 0.365 e. The van der Waals surface area contributed by atoms with Gasteiger partial charge >= 0.3 is 0 Å². The Balaban J connectivity index is 1.69. The van der Waals surface area contributed by atoms with Crippen LogP contribution in [0.1, 0.15) is 39.0 Å². The summed E-state index contributed by atoms with van der Waals surface area (Å²) in [5.74, 6) is 0. The summed E-state index contributed by atoms with van der Waals surface area (Å²) in [6.45, 7) is 3.43. The first-order chi connectivity index (χ1) is 9.81. The molecule has 2 heterocycles. The summed E-state index contributed by atoms with van der Waals surface area (Å²) >= 11 is 1.82. The van der Waals surface area contributed by atoms with Crippen molar-refractivity contribution in [2.45, 2.75) is 62.0 Å². The predicted molar refractivity (Wildman–Crippen MR) is 88.8 cm³/mol. The van der Waals surface area contributed by atoms with Crippen LogP contribution in [0.15, 0.2) is 29.2 Å². The first kappa shape index (κ1) is 14.3. The molecule has 1 aromatic carbocycles. The summed E-state index contributed by atoms with van der Waals surface area (Å²) in [6, 6.07) is 11.4. The summed E-state index contributed by atoms with van der Waals surface area (Å²) in [6.07, 6.45) is 8.77. The molecule has 1 N–H and O–H groups in total. The zero-order valence-corrected chi connectivity index (χ0v) is 13.5. The number of anilines is 1. The minimum atomic E-state index is 0.745. The standard InChI is InChI=1S/C17H26N2S/c1-3-10-18-13-11-15-4-5-16(12-13)19(15)14-6-8-17(20-2)9-7-14/h6-9,13,15-16,18H,3-5,10-12H2,1-2H3. The maximum absolute atomic E-state index is 3.73. The second-order valence-electron chi connectivity index (χ2n) is 6.11. The fourth-order valence-electron chi connectivity index (χ4n) is 3.87. The second-order valence-corrected chi connectivity index (χ2v) is 6.99. The highest BCUT2D eigenvalue weighted by Crippen LogP contribution is 2.39. The molecule has 2 atom stereocenters. The highest BCUT2D eigenvalue weighted by Gasteiger charge is 2.40. The molecule has 2 fully saturated rings. The van der Waals surface area contributed by atoms with Crippen molar-refractivity contribution in [2.24, 2.45) is 0 Å². The summed E-state index contributed by atoms with van der Waals surface area (Å²) in [4.78, 5) is 4.06. The topological polar surface area (TPSA) is 15.3 Å². The van der Waals surface area contributed by atoms with Gasteiger partial charge in [0.1, 0.15) is 0 Å². The van der Waals surface area contributed by atoms with Crippen molar-refractivity contribution < 1.29 is 0 Å². The second kappa shape index (κ2) is 6.40. The van der Waals surface area contributed by atoms with Crippen LogP contribution in [-0.4, -0.2) is 30.9 Å². The molecule has 2 aliphatic heterocycles. The first-order valence-electron chi connectivity index (χ1n) is 7.97. The van der Waals surface area contributed by atoms with Crippen LogP contribution < -0.4 is 10.2 Å². The van der Waals surface area contributed by atoms with Gasteiger partial charge in [0, 0.05) is 28.7 Å². The lowest BCUT2D eigenvalue weighted by Gasteiger charge is -2.41. The maximum Gasteiger partial charge on any atom is 0.0372 e. The van der Waals surface area contributed by atoms with Crippen molar-refractivity contribution in [3.63, 3.8) is 0 Å². The van der Waals surface area contributed by atoms with Crippen LogP contribution in [0.25, 0.3) is 0 Å². The molecule has 2 aliphatic rings. The van der Waals surface area contributed by atoms with Gasteiger partial charge in [0.25, 0.3) is 0 Å². The summed E-state index contributed by atoms with van der Waals surface area (Å²) < 4.78 is 0. The van der Waals surface area contributed by atoms with Crippen LogP contribution in [0, 0.1) is 0 Å². The van der Waals surface area contributed by atoms with Gasteiger partial charge in [-0.05, 0) is 69.2 Å². The predicted octanol–water partition coefficient (Wildman–Crippen LogP) is 3.91. The van der Waals surface area contributed by atoms with Gasteiger partial charge in [0.2, 0.25) is 0 Å². The van der Waals surface area contributed by atoms with Crippen LogP contribution in [0.3, 0.4) is 0 Å².